The van der Waals surface area contributed by atoms with Gasteiger partial charge in [0.05, 0.1) is 12.2 Å². The number of rotatable bonds is 7. The first-order chi connectivity index (χ1) is 14.6. The highest BCUT2D eigenvalue weighted by atomic mass is 16.1. The molecule has 2 aromatic carbocycles. The van der Waals surface area contributed by atoms with Gasteiger partial charge in [-0.3, -0.25) is 9.48 Å². The molecule has 2 N–H and O–H groups in total. The van der Waals surface area contributed by atoms with Crippen LogP contribution in [-0.4, -0.2) is 22.2 Å². The minimum Gasteiger partial charge on any atom is -0.385 e. The maximum atomic E-state index is 12.7. The van der Waals surface area contributed by atoms with Gasteiger partial charge in [-0.05, 0) is 80.6 Å². The van der Waals surface area contributed by atoms with Crippen LogP contribution in [0.1, 0.15) is 53.0 Å². The Bertz CT molecular complexity index is 1000. The lowest BCUT2D eigenvalue weighted by atomic mass is 10.1. The van der Waals surface area contributed by atoms with Gasteiger partial charge in [-0.2, -0.15) is 5.10 Å². The van der Waals surface area contributed by atoms with Crippen molar-refractivity contribution in [3.63, 3.8) is 0 Å². The van der Waals surface area contributed by atoms with Crippen LogP contribution in [0.25, 0.3) is 0 Å². The molecule has 5 nitrogen and oxygen atoms in total. The largest absolute Gasteiger partial charge is 0.385 e. The van der Waals surface area contributed by atoms with Gasteiger partial charge in [0.15, 0.2) is 0 Å². The van der Waals surface area contributed by atoms with Crippen molar-refractivity contribution in [2.45, 2.75) is 46.1 Å². The molecule has 1 amide bonds. The summed E-state index contributed by atoms with van der Waals surface area (Å²) >= 11 is 0. The molecule has 1 fully saturated rings. The molecular weight excluding hydrogens is 372 g/mol. The third kappa shape index (κ3) is 5.09. The maximum Gasteiger partial charge on any atom is 0.255 e. The Morgan fingerprint density at radius 2 is 1.77 bits per heavy atom. The highest BCUT2D eigenvalue weighted by Crippen LogP contribution is 2.25. The van der Waals surface area contributed by atoms with Gasteiger partial charge in [0, 0.05) is 29.2 Å². The standard InChI is InChI=1S/C25H30N4O/c1-18-14-19(2)29(28-18)17-21-8-5-9-22(15-21)25(30)27-24-12-10-23(11-13-24)26-16-20-6-3-4-7-20/h5,8-15,20,26H,3-4,6-7,16-17H2,1-2H3,(H,27,30). The van der Waals surface area contributed by atoms with Crippen molar-refractivity contribution in [1.82, 2.24) is 9.78 Å². The van der Waals surface area contributed by atoms with Crippen LogP contribution in [0.3, 0.4) is 0 Å². The Kier molecular flexibility index (Phi) is 6.17. The van der Waals surface area contributed by atoms with E-state index in [4.69, 9.17) is 0 Å². The number of nitrogens with one attached hydrogen (secondary N) is 2. The van der Waals surface area contributed by atoms with Crippen LogP contribution >= 0.6 is 0 Å². The second-order valence-electron chi connectivity index (χ2n) is 8.35. The quantitative estimate of drug-likeness (QED) is 0.556. The molecule has 0 saturated heterocycles. The number of aromatic nitrogens is 2. The van der Waals surface area contributed by atoms with Crippen molar-refractivity contribution >= 4 is 17.3 Å². The number of anilines is 2. The van der Waals surface area contributed by atoms with Crippen LogP contribution in [0.5, 0.6) is 0 Å². The Labute approximate surface area is 178 Å². The van der Waals surface area contributed by atoms with Crippen LogP contribution in [-0.2, 0) is 6.54 Å². The Balaban J connectivity index is 1.35. The second-order valence-corrected chi connectivity index (χ2v) is 8.35. The molecule has 0 aliphatic heterocycles. The molecular formula is C25H30N4O. The molecule has 0 bridgehead atoms. The van der Waals surface area contributed by atoms with Crippen LogP contribution in [0.2, 0.25) is 0 Å². The molecule has 0 spiro atoms. The molecule has 4 rings (SSSR count). The SMILES string of the molecule is Cc1cc(C)n(Cc2cccc(C(=O)Nc3ccc(NCC4CCCC4)cc3)c2)n1. The Hall–Kier alpha value is -3.08. The van der Waals surface area contributed by atoms with Gasteiger partial charge in [0.25, 0.3) is 5.91 Å². The van der Waals surface area contributed by atoms with Crippen molar-refractivity contribution < 1.29 is 4.79 Å². The van der Waals surface area contributed by atoms with E-state index in [1.54, 1.807) is 0 Å². The molecule has 1 aliphatic carbocycles. The van der Waals surface area contributed by atoms with E-state index in [1.807, 2.05) is 67.1 Å². The van der Waals surface area contributed by atoms with Gasteiger partial charge in [-0.15, -0.1) is 0 Å². The molecule has 3 aromatic rings. The molecule has 156 valence electrons. The van der Waals surface area contributed by atoms with Crippen LogP contribution in [0, 0.1) is 19.8 Å². The van der Waals surface area contributed by atoms with Crippen molar-refractivity contribution in [2.24, 2.45) is 5.92 Å². The van der Waals surface area contributed by atoms with Crippen LogP contribution in [0.4, 0.5) is 11.4 Å². The summed E-state index contributed by atoms with van der Waals surface area (Å²) in [6.45, 7) is 5.72. The molecule has 30 heavy (non-hydrogen) atoms. The number of aryl methyl sites for hydroxylation is 2. The lowest BCUT2D eigenvalue weighted by molar-refractivity contribution is 0.102. The van der Waals surface area contributed by atoms with Crippen molar-refractivity contribution in [1.29, 1.82) is 0 Å². The monoisotopic (exact) mass is 402 g/mol. The molecule has 1 aliphatic rings. The predicted octanol–water partition coefficient (Wildman–Crippen LogP) is 5.40. The van der Waals surface area contributed by atoms with Gasteiger partial charge >= 0.3 is 0 Å². The molecule has 1 aromatic heterocycles. The van der Waals surface area contributed by atoms with Gasteiger partial charge < -0.3 is 10.6 Å². The number of amides is 1. The maximum absolute atomic E-state index is 12.7. The van der Waals surface area contributed by atoms with E-state index in [2.05, 4.69) is 21.8 Å². The van der Waals surface area contributed by atoms with E-state index in [-0.39, 0.29) is 5.91 Å². The van der Waals surface area contributed by atoms with Crippen molar-refractivity contribution in [3.8, 4) is 0 Å². The molecule has 1 saturated carbocycles. The lowest BCUT2D eigenvalue weighted by Gasteiger charge is -2.12. The van der Waals surface area contributed by atoms with E-state index in [1.165, 1.54) is 25.7 Å². The average molecular weight is 403 g/mol. The van der Waals surface area contributed by atoms with Gasteiger partial charge in [0.2, 0.25) is 0 Å². The van der Waals surface area contributed by atoms with Crippen LogP contribution < -0.4 is 10.6 Å². The average Bonchev–Trinajstić information content (AvgIpc) is 3.37. The topological polar surface area (TPSA) is 59.0 Å². The Morgan fingerprint density at radius 3 is 2.47 bits per heavy atom. The van der Waals surface area contributed by atoms with Crippen LogP contribution in [0.15, 0.2) is 54.6 Å². The van der Waals surface area contributed by atoms with Crippen molar-refractivity contribution in [3.05, 3.63) is 77.1 Å². The number of carbonyl (C=O) groups excluding carboxylic acids is 1. The fraction of sp³-hybridized carbons (Fsp3) is 0.360. The molecule has 0 atom stereocenters. The zero-order chi connectivity index (χ0) is 20.9. The van der Waals surface area contributed by atoms with Crippen molar-refractivity contribution in [2.75, 3.05) is 17.2 Å². The number of nitrogens with zero attached hydrogens (tertiary/aromatic N) is 2. The van der Waals surface area contributed by atoms with Gasteiger partial charge in [-0.25, -0.2) is 0 Å². The summed E-state index contributed by atoms with van der Waals surface area (Å²) in [5.41, 5.74) is 5.73. The number of hydrogen-bond acceptors (Lipinski definition) is 3. The van der Waals surface area contributed by atoms with E-state index in [0.717, 1.165) is 40.8 Å². The van der Waals surface area contributed by atoms with E-state index < -0.39 is 0 Å². The lowest BCUT2D eigenvalue weighted by Crippen LogP contribution is -2.13. The van der Waals surface area contributed by atoms with E-state index >= 15 is 0 Å². The normalized spacial score (nSPS) is 14.1. The number of benzene rings is 2. The summed E-state index contributed by atoms with van der Waals surface area (Å²) in [7, 11) is 0. The summed E-state index contributed by atoms with van der Waals surface area (Å²) in [5.74, 6) is 0.697. The predicted molar refractivity (Wildman–Crippen MR) is 122 cm³/mol. The summed E-state index contributed by atoms with van der Waals surface area (Å²) in [4.78, 5) is 12.7. The fourth-order valence-electron chi connectivity index (χ4n) is 4.17. The first-order valence-electron chi connectivity index (χ1n) is 10.8. The fourth-order valence-corrected chi connectivity index (χ4v) is 4.17. The zero-order valence-corrected chi connectivity index (χ0v) is 17.8. The molecule has 1 heterocycles. The third-order valence-electron chi connectivity index (χ3n) is 5.84. The molecule has 5 heteroatoms. The minimum absolute atomic E-state index is 0.100. The third-order valence-corrected chi connectivity index (χ3v) is 5.84. The molecule has 0 radical (unpaired) electrons. The highest BCUT2D eigenvalue weighted by molar-refractivity contribution is 6.04. The molecule has 0 unspecified atom stereocenters. The first kappa shape index (κ1) is 20.2. The highest BCUT2D eigenvalue weighted by Gasteiger charge is 2.14. The Morgan fingerprint density at radius 1 is 1.03 bits per heavy atom. The summed E-state index contributed by atoms with van der Waals surface area (Å²) in [6, 6.07) is 17.8. The number of carbonyl (C=O) groups is 1. The van der Waals surface area contributed by atoms with Gasteiger partial charge in [-0.1, -0.05) is 25.0 Å². The smallest absolute Gasteiger partial charge is 0.255 e. The first-order valence-corrected chi connectivity index (χ1v) is 10.8. The second kappa shape index (κ2) is 9.16. The minimum atomic E-state index is -0.100. The van der Waals surface area contributed by atoms with E-state index in [9.17, 15) is 4.79 Å². The zero-order valence-electron chi connectivity index (χ0n) is 17.8. The van der Waals surface area contributed by atoms with Gasteiger partial charge in [0.1, 0.15) is 0 Å². The van der Waals surface area contributed by atoms with E-state index in [0.29, 0.717) is 12.1 Å². The summed E-state index contributed by atoms with van der Waals surface area (Å²) < 4.78 is 1.96. The number of hydrogen-bond donors (Lipinski definition) is 2. The summed E-state index contributed by atoms with van der Waals surface area (Å²) in [6.07, 6.45) is 5.39. The summed E-state index contributed by atoms with van der Waals surface area (Å²) in [5, 5.41) is 11.0.